The number of likely N-dealkylation sites (tertiary alicyclic amines) is 1. The molecule has 1 heterocycles. The summed E-state index contributed by atoms with van der Waals surface area (Å²) in [6, 6.07) is 0. The fourth-order valence-electron chi connectivity index (χ4n) is 3.56. The van der Waals surface area contributed by atoms with E-state index in [4.69, 9.17) is 5.11 Å². The van der Waals surface area contributed by atoms with Gasteiger partial charge in [0.25, 0.3) is 0 Å². The van der Waals surface area contributed by atoms with E-state index in [1.165, 1.54) is 38.8 Å². The van der Waals surface area contributed by atoms with Crippen LogP contribution in [-0.4, -0.2) is 34.6 Å². The molecule has 1 saturated heterocycles. The predicted octanol–water partition coefficient (Wildman–Crippen LogP) is 1.87. The third kappa shape index (κ3) is 1.32. The van der Waals surface area contributed by atoms with E-state index >= 15 is 0 Å². The van der Waals surface area contributed by atoms with Gasteiger partial charge in [-0.3, -0.25) is 9.69 Å². The molecule has 84 valence electrons. The zero-order valence-corrected chi connectivity index (χ0v) is 9.17. The van der Waals surface area contributed by atoms with E-state index in [0.29, 0.717) is 11.8 Å². The largest absolute Gasteiger partial charge is 0.481 e. The number of nitrogens with zero attached hydrogens (tertiary/aromatic N) is 1. The van der Waals surface area contributed by atoms with Crippen molar-refractivity contribution in [1.29, 1.82) is 0 Å². The van der Waals surface area contributed by atoms with Crippen molar-refractivity contribution in [3.8, 4) is 0 Å². The molecule has 0 unspecified atom stereocenters. The molecule has 3 heteroatoms. The lowest BCUT2D eigenvalue weighted by molar-refractivity contribution is -0.163. The molecular formula is C12H19NO2. The van der Waals surface area contributed by atoms with Gasteiger partial charge in [-0.05, 0) is 37.5 Å². The molecule has 1 N–H and O–H groups in total. The highest BCUT2D eigenvalue weighted by atomic mass is 16.4. The second-order valence-electron chi connectivity index (χ2n) is 5.86. The first-order chi connectivity index (χ1) is 7.14. The molecule has 0 aromatic rings. The van der Waals surface area contributed by atoms with Crippen molar-refractivity contribution in [2.75, 3.05) is 13.1 Å². The predicted molar refractivity (Wildman–Crippen MR) is 56.7 cm³/mol. The Hall–Kier alpha value is -0.570. The highest BCUT2D eigenvalue weighted by molar-refractivity contribution is 5.68. The lowest BCUT2D eigenvalue weighted by Gasteiger charge is -2.64. The van der Waals surface area contributed by atoms with Crippen molar-refractivity contribution >= 4 is 5.97 Å². The maximum atomic E-state index is 10.9. The quantitative estimate of drug-likeness (QED) is 0.771. The molecule has 1 aliphatic heterocycles. The van der Waals surface area contributed by atoms with Gasteiger partial charge in [0.1, 0.15) is 0 Å². The van der Waals surface area contributed by atoms with Crippen LogP contribution < -0.4 is 0 Å². The fraction of sp³-hybridized carbons (Fsp3) is 0.917. The lowest BCUT2D eigenvalue weighted by atomic mass is 9.59. The maximum Gasteiger partial charge on any atom is 0.305 e. The first-order valence-corrected chi connectivity index (χ1v) is 6.11. The van der Waals surface area contributed by atoms with Crippen LogP contribution in [0.15, 0.2) is 0 Å². The summed E-state index contributed by atoms with van der Waals surface area (Å²) in [7, 11) is 0. The van der Waals surface area contributed by atoms with Gasteiger partial charge in [0.05, 0.1) is 6.42 Å². The summed E-state index contributed by atoms with van der Waals surface area (Å²) in [4.78, 5) is 13.3. The Morgan fingerprint density at radius 3 is 2.07 bits per heavy atom. The number of carboxylic acids is 1. The molecule has 3 rings (SSSR count). The maximum absolute atomic E-state index is 10.9. The number of carbonyl (C=O) groups is 1. The standard InChI is InChI=1S/C12H19NO2/c14-10(15)7-12(5-2-6-12)13-8-11(9-13)3-1-4-11/h1-9H2,(H,14,15). The molecule has 2 aliphatic carbocycles. The number of hydrogen-bond donors (Lipinski definition) is 1. The van der Waals surface area contributed by atoms with Crippen LogP contribution in [0.5, 0.6) is 0 Å². The molecule has 1 spiro atoms. The Balaban J connectivity index is 1.63. The summed E-state index contributed by atoms with van der Waals surface area (Å²) in [5, 5.41) is 8.96. The van der Waals surface area contributed by atoms with Gasteiger partial charge in [0.2, 0.25) is 0 Å². The smallest absolute Gasteiger partial charge is 0.305 e. The third-order valence-electron chi connectivity index (χ3n) is 4.90. The van der Waals surface area contributed by atoms with Gasteiger partial charge in [0.15, 0.2) is 0 Å². The minimum Gasteiger partial charge on any atom is -0.481 e. The highest BCUT2D eigenvalue weighted by Crippen LogP contribution is 2.54. The third-order valence-corrected chi connectivity index (χ3v) is 4.90. The SMILES string of the molecule is O=C(O)CC1(N2CC3(CCC3)C2)CCC1. The van der Waals surface area contributed by atoms with Crippen LogP contribution in [0.2, 0.25) is 0 Å². The summed E-state index contributed by atoms with van der Waals surface area (Å²) < 4.78 is 0. The van der Waals surface area contributed by atoms with E-state index in [1.54, 1.807) is 0 Å². The van der Waals surface area contributed by atoms with Crippen molar-refractivity contribution in [2.24, 2.45) is 5.41 Å². The summed E-state index contributed by atoms with van der Waals surface area (Å²) >= 11 is 0. The van der Waals surface area contributed by atoms with E-state index in [2.05, 4.69) is 4.90 Å². The fourth-order valence-corrected chi connectivity index (χ4v) is 3.56. The number of hydrogen-bond acceptors (Lipinski definition) is 2. The van der Waals surface area contributed by atoms with Crippen LogP contribution in [0.25, 0.3) is 0 Å². The average molecular weight is 209 g/mol. The monoisotopic (exact) mass is 209 g/mol. The van der Waals surface area contributed by atoms with E-state index in [0.717, 1.165) is 12.8 Å². The van der Waals surface area contributed by atoms with Crippen molar-refractivity contribution in [2.45, 2.75) is 50.5 Å². The van der Waals surface area contributed by atoms with E-state index in [9.17, 15) is 4.79 Å². The molecule has 0 atom stereocenters. The summed E-state index contributed by atoms with van der Waals surface area (Å²) in [6.45, 7) is 2.36. The van der Waals surface area contributed by atoms with Gasteiger partial charge in [-0.1, -0.05) is 6.42 Å². The molecule has 0 amide bonds. The van der Waals surface area contributed by atoms with E-state index in [-0.39, 0.29) is 5.54 Å². The van der Waals surface area contributed by atoms with E-state index in [1.807, 2.05) is 0 Å². The van der Waals surface area contributed by atoms with Gasteiger partial charge in [0, 0.05) is 18.6 Å². The van der Waals surface area contributed by atoms with Gasteiger partial charge in [-0.2, -0.15) is 0 Å². The molecule has 0 aromatic carbocycles. The normalized spacial score (nSPS) is 31.5. The molecule has 15 heavy (non-hydrogen) atoms. The average Bonchev–Trinajstić information content (AvgIpc) is 1.92. The van der Waals surface area contributed by atoms with Crippen LogP contribution in [-0.2, 0) is 4.79 Å². The number of aliphatic carboxylic acids is 1. The van der Waals surface area contributed by atoms with Crippen LogP contribution in [0.1, 0.15) is 44.9 Å². The zero-order valence-electron chi connectivity index (χ0n) is 9.17. The van der Waals surface area contributed by atoms with Gasteiger partial charge >= 0.3 is 5.97 Å². The topological polar surface area (TPSA) is 40.5 Å². The molecule has 3 aliphatic rings. The van der Waals surface area contributed by atoms with Gasteiger partial charge < -0.3 is 5.11 Å². The van der Waals surface area contributed by atoms with Crippen molar-refractivity contribution in [1.82, 2.24) is 4.90 Å². The Bertz CT molecular complexity index is 284. The van der Waals surface area contributed by atoms with Gasteiger partial charge in [-0.15, -0.1) is 0 Å². The Morgan fingerprint density at radius 1 is 1.13 bits per heavy atom. The van der Waals surface area contributed by atoms with Crippen LogP contribution >= 0.6 is 0 Å². The Labute approximate surface area is 90.5 Å². The first-order valence-electron chi connectivity index (χ1n) is 6.11. The minimum atomic E-state index is -0.621. The highest BCUT2D eigenvalue weighted by Gasteiger charge is 2.56. The molecule has 0 radical (unpaired) electrons. The summed E-state index contributed by atoms with van der Waals surface area (Å²) in [6.07, 6.45) is 7.95. The molecule has 0 bridgehead atoms. The Kier molecular flexibility index (Phi) is 1.91. The number of carboxylic acid groups (broad SMARTS) is 1. The minimum absolute atomic E-state index is 0.0622. The van der Waals surface area contributed by atoms with Crippen LogP contribution in [0.3, 0.4) is 0 Å². The van der Waals surface area contributed by atoms with Crippen molar-refractivity contribution in [3.63, 3.8) is 0 Å². The van der Waals surface area contributed by atoms with E-state index < -0.39 is 5.97 Å². The molecule has 3 fully saturated rings. The number of rotatable bonds is 3. The molecular weight excluding hydrogens is 190 g/mol. The summed E-state index contributed by atoms with van der Waals surface area (Å²) in [5.41, 5.74) is 0.688. The van der Waals surface area contributed by atoms with Crippen molar-refractivity contribution < 1.29 is 9.90 Å². The molecule has 0 aromatic heterocycles. The summed E-state index contributed by atoms with van der Waals surface area (Å²) in [5.74, 6) is -0.621. The second kappa shape index (κ2) is 2.97. The molecule has 3 nitrogen and oxygen atoms in total. The first kappa shape index (κ1) is 9.64. The molecule has 2 saturated carbocycles. The van der Waals surface area contributed by atoms with Crippen LogP contribution in [0, 0.1) is 5.41 Å². The Morgan fingerprint density at radius 2 is 1.73 bits per heavy atom. The van der Waals surface area contributed by atoms with Crippen molar-refractivity contribution in [3.05, 3.63) is 0 Å². The van der Waals surface area contributed by atoms with Crippen LogP contribution in [0.4, 0.5) is 0 Å². The van der Waals surface area contributed by atoms with Gasteiger partial charge in [-0.25, -0.2) is 0 Å². The lowest BCUT2D eigenvalue weighted by Crippen LogP contribution is -2.69. The zero-order chi connectivity index (χ0) is 10.5. The second-order valence-corrected chi connectivity index (χ2v) is 5.86.